The van der Waals surface area contributed by atoms with E-state index in [0.29, 0.717) is 5.56 Å². The summed E-state index contributed by atoms with van der Waals surface area (Å²) in [6, 6.07) is 8.30. The second kappa shape index (κ2) is 4.02. The highest BCUT2D eigenvalue weighted by molar-refractivity contribution is 6.92. The van der Waals surface area contributed by atoms with Gasteiger partial charge in [-0.05, 0) is 12.1 Å². The lowest BCUT2D eigenvalue weighted by Crippen LogP contribution is -1.93. The van der Waals surface area contributed by atoms with Gasteiger partial charge in [0.2, 0.25) is 0 Å². The van der Waals surface area contributed by atoms with Gasteiger partial charge < -0.3 is 5.11 Å². The van der Waals surface area contributed by atoms with E-state index in [-0.39, 0.29) is 9.90 Å². The first-order valence-electron chi connectivity index (χ1n) is 2.59. The molecule has 0 radical (unpaired) electrons. The Labute approximate surface area is 62.5 Å². The van der Waals surface area contributed by atoms with Gasteiger partial charge in [-0.2, -0.15) is 9.90 Å². The monoisotopic (exact) mass is 156 g/mol. The fourth-order valence-corrected chi connectivity index (χ4v) is 0.581. The second-order valence-corrected chi connectivity index (χ2v) is 1.67. The van der Waals surface area contributed by atoms with Gasteiger partial charge in [-0.25, -0.2) is 4.79 Å². The van der Waals surface area contributed by atoms with E-state index in [1.165, 1.54) is 0 Å². The summed E-state index contributed by atoms with van der Waals surface area (Å²) in [4.78, 5) is 10.2. The quantitative estimate of drug-likeness (QED) is 0.624. The number of benzene rings is 1. The van der Waals surface area contributed by atoms with E-state index in [1.54, 1.807) is 30.3 Å². The molecule has 0 aliphatic carbocycles. The smallest absolute Gasteiger partial charge is 0.335 e. The maximum Gasteiger partial charge on any atom is 0.335 e. The molecule has 0 heterocycles. The van der Waals surface area contributed by atoms with Gasteiger partial charge in [-0.3, -0.25) is 0 Å². The minimum Gasteiger partial charge on any atom is -0.478 e. The fraction of sp³-hybridized carbons (Fsp3) is 0. The molecule has 0 bridgehead atoms. The molecule has 3 heteroatoms. The van der Waals surface area contributed by atoms with Crippen molar-refractivity contribution in [1.29, 1.82) is 0 Å². The molecule has 2 nitrogen and oxygen atoms in total. The lowest BCUT2D eigenvalue weighted by Gasteiger charge is -1.88. The summed E-state index contributed by atoms with van der Waals surface area (Å²) in [6.45, 7) is 0. The molecule has 0 amide bonds. The fourth-order valence-electron chi connectivity index (χ4n) is 0.581. The summed E-state index contributed by atoms with van der Waals surface area (Å²) in [5, 5.41) is 8.38. The second-order valence-electron chi connectivity index (χ2n) is 1.67. The Hall–Kier alpha value is -0.880. The predicted molar refractivity (Wildman–Crippen MR) is 44.5 cm³/mol. The van der Waals surface area contributed by atoms with Crippen LogP contribution in [0.25, 0.3) is 0 Å². The van der Waals surface area contributed by atoms with Crippen molar-refractivity contribution in [2.24, 2.45) is 0 Å². The van der Waals surface area contributed by atoms with Crippen molar-refractivity contribution in [3.05, 3.63) is 35.9 Å². The van der Waals surface area contributed by atoms with Crippen LogP contribution in [0.4, 0.5) is 0 Å². The van der Waals surface area contributed by atoms with Gasteiger partial charge in [0.1, 0.15) is 0 Å². The first kappa shape index (κ1) is 9.12. The first-order chi connectivity index (χ1) is 4.30. The summed E-state index contributed by atoms with van der Waals surface area (Å²) in [5.74, 6) is -0.879. The summed E-state index contributed by atoms with van der Waals surface area (Å²) in [6.07, 6.45) is 0. The van der Waals surface area contributed by atoms with E-state index >= 15 is 0 Å². The SMILES string of the molecule is O=C(O)c1ccccc1.P. The molecule has 54 valence electrons. The molecule has 0 aromatic heterocycles. The van der Waals surface area contributed by atoms with E-state index in [4.69, 9.17) is 5.11 Å². The molecule has 0 saturated carbocycles. The zero-order chi connectivity index (χ0) is 6.69. The molecule has 10 heavy (non-hydrogen) atoms. The molecule has 1 aromatic carbocycles. The predicted octanol–water partition coefficient (Wildman–Crippen LogP) is 1.44. The van der Waals surface area contributed by atoms with Crippen molar-refractivity contribution < 1.29 is 9.90 Å². The van der Waals surface area contributed by atoms with Crippen molar-refractivity contribution in [3.63, 3.8) is 0 Å². The summed E-state index contributed by atoms with van der Waals surface area (Å²) in [7, 11) is 0. The number of hydrogen-bond acceptors (Lipinski definition) is 1. The molecule has 0 fully saturated rings. The third-order valence-corrected chi connectivity index (χ3v) is 1.02. The van der Waals surface area contributed by atoms with E-state index in [1.807, 2.05) is 0 Å². The van der Waals surface area contributed by atoms with Crippen LogP contribution in [0.2, 0.25) is 0 Å². The number of carboxylic acids is 1. The maximum absolute atomic E-state index is 10.2. The van der Waals surface area contributed by atoms with Gasteiger partial charge in [0.25, 0.3) is 0 Å². The van der Waals surface area contributed by atoms with Gasteiger partial charge in [-0.1, -0.05) is 18.2 Å². The zero-order valence-electron chi connectivity index (χ0n) is 5.45. The Morgan fingerprint density at radius 2 is 1.70 bits per heavy atom. The van der Waals surface area contributed by atoms with Crippen molar-refractivity contribution >= 4 is 15.9 Å². The van der Waals surface area contributed by atoms with Crippen LogP contribution < -0.4 is 0 Å². The summed E-state index contributed by atoms with van der Waals surface area (Å²) >= 11 is 0. The molecular formula is C7H9O2P. The van der Waals surface area contributed by atoms with Crippen LogP contribution in [0.3, 0.4) is 0 Å². The van der Waals surface area contributed by atoms with Crippen LogP contribution in [0.15, 0.2) is 30.3 Å². The average molecular weight is 156 g/mol. The number of aromatic carboxylic acids is 1. The normalized spacial score (nSPS) is 8.00. The Bertz CT molecular complexity index is 208. The molecule has 1 aromatic rings. The molecule has 1 N–H and O–H groups in total. The molecule has 1 atom stereocenters. The topological polar surface area (TPSA) is 37.3 Å². The van der Waals surface area contributed by atoms with Crippen LogP contribution in [0.5, 0.6) is 0 Å². The summed E-state index contributed by atoms with van der Waals surface area (Å²) < 4.78 is 0. The van der Waals surface area contributed by atoms with Gasteiger partial charge in [0, 0.05) is 0 Å². The zero-order valence-corrected chi connectivity index (χ0v) is 6.86. The van der Waals surface area contributed by atoms with Gasteiger partial charge in [0.15, 0.2) is 0 Å². The minimum atomic E-state index is -0.879. The highest BCUT2D eigenvalue weighted by Gasteiger charge is 1.96. The standard InChI is InChI=1S/C7H6O2.H3P/c8-7(9)6-4-2-1-3-5-6;/h1-5H,(H,8,9);1H3. The highest BCUT2D eigenvalue weighted by atomic mass is 31.0. The van der Waals surface area contributed by atoms with Crippen LogP contribution in [0, 0.1) is 0 Å². The molecule has 1 unspecified atom stereocenters. The van der Waals surface area contributed by atoms with Crippen LogP contribution >= 0.6 is 9.90 Å². The van der Waals surface area contributed by atoms with E-state index in [9.17, 15) is 4.79 Å². The number of carboxylic acid groups (broad SMARTS) is 1. The van der Waals surface area contributed by atoms with E-state index < -0.39 is 5.97 Å². The largest absolute Gasteiger partial charge is 0.478 e. The minimum absolute atomic E-state index is 0. The van der Waals surface area contributed by atoms with Crippen LogP contribution in [-0.4, -0.2) is 11.1 Å². The lowest BCUT2D eigenvalue weighted by atomic mass is 10.2. The van der Waals surface area contributed by atoms with Crippen LogP contribution in [-0.2, 0) is 0 Å². The van der Waals surface area contributed by atoms with Gasteiger partial charge in [0.05, 0.1) is 5.56 Å². The number of rotatable bonds is 1. The Balaban J connectivity index is 0.000000810. The van der Waals surface area contributed by atoms with Crippen molar-refractivity contribution in [1.82, 2.24) is 0 Å². The Morgan fingerprint density at radius 3 is 2.00 bits per heavy atom. The third kappa shape index (κ3) is 2.16. The number of hydrogen-bond donors (Lipinski definition) is 1. The molecule has 0 saturated heterocycles. The first-order valence-corrected chi connectivity index (χ1v) is 2.59. The van der Waals surface area contributed by atoms with Crippen molar-refractivity contribution in [2.75, 3.05) is 0 Å². The van der Waals surface area contributed by atoms with Crippen LogP contribution in [0.1, 0.15) is 10.4 Å². The van der Waals surface area contributed by atoms with E-state index in [2.05, 4.69) is 0 Å². The highest BCUT2D eigenvalue weighted by Crippen LogP contribution is 1.96. The number of carbonyl (C=O) groups is 1. The molecule has 0 aliphatic rings. The van der Waals surface area contributed by atoms with Crippen molar-refractivity contribution in [3.8, 4) is 0 Å². The van der Waals surface area contributed by atoms with Gasteiger partial charge in [-0.15, -0.1) is 0 Å². The molecule has 0 spiro atoms. The van der Waals surface area contributed by atoms with E-state index in [0.717, 1.165) is 0 Å². The molecule has 0 aliphatic heterocycles. The third-order valence-electron chi connectivity index (χ3n) is 1.02. The molecule has 1 rings (SSSR count). The lowest BCUT2D eigenvalue weighted by molar-refractivity contribution is 0.0697. The maximum atomic E-state index is 10.2. The summed E-state index contributed by atoms with van der Waals surface area (Å²) in [5.41, 5.74) is 0.331. The van der Waals surface area contributed by atoms with Gasteiger partial charge >= 0.3 is 5.97 Å². The Morgan fingerprint density at radius 1 is 1.20 bits per heavy atom. The molecular weight excluding hydrogens is 147 g/mol. The van der Waals surface area contributed by atoms with Crippen molar-refractivity contribution in [2.45, 2.75) is 0 Å². The average Bonchev–Trinajstić information content (AvgIpc) is 1.90. The Kier molecular flexibility index (Phi) is 3.67.